The average molecular weight is 453 g/mol. The van der Waals surface area contributed by atoms with Crippen molar-refractivity contribution in [3.63, 3.8) is 0 Å². The Morgan fingerprint density at radius 1 is 1.21 bits per heavy atom. The standard InChI is InChI=1S/C25H25F2N3O3/c1-33-23-7-4-6-19(27)24(23)25-28-11-10-20(29-25)22(32)14-16-13-17(26)8-9-21(16)30-12-3-2-5-18(30)15-31/h4,6-11,13,18,31H,2-3,5,12,14-15H2,1H3/t18-/m1/s1. The van der Waals surface area contributed by atoms with Gasteiger partial charge in [0.15, 0.2) is 11.6 Å². The Bertz CT molecular complexity index is 1160. The molecule has 0 amide bonds. The minimum atomic E-state index is -0.563. The Hall–Kier alpha value is -3.39. The smallest absolute Gasteiger partial charge is 0.185 e. The highest BCUT2D eigenvalue weighted by molar-refractivity contribution is 5.97. The van der Waals surface area contributed by atoms with Crippen LogP contribution in [0.5, 0.6) is 5.75 Å². The molecule has 172 valence electrons. The molecule has 1 atom stereocenters. The van der Waals surface area contributed by atoms with Crippen LogP contribution in [-0.2, 0) is 6.42 Å². The highest BCUT2D eigenvalue weighted by atomic mass is 19.1. The van der Waals surface area contributed by atoms with Gasteiger partial charge in [0.05, 0.1) is 25.3 Å². The van der Waals surface area contributed by atoms with Crippen LogP contribution in [0.15, 0.2) is 48.7 Å². The summed E-state index contributed by atoms with van der Waals surface area (Å²) in [6.45, 7) is 0.716. The van der Waals surface area contributed by atoms with Crippen LogP contribution < -0.4 is 9.64 Å². The number of halogens is 2. The molecule has 1 saturated heterocycles. The van der Waals surface area contributed by atoms with E-state index in [0.29, 0.717) is 5.56 Å². The number of hydrogen-bond donors (Lipinski definition) is 1. The number of hydrogen-bond acceptors (Lipinski definition) is 6. The van der Waals surface area contributed by atoms with Crippen molar-refractivity contribution in [1.82, 2.24) is 9.97 Å². The van der Waals surface area contributed by atoms with E-state index >= 15 is 0 Å². The summed E-state index contributed by atoms with van der Waals surface area (Å²) in [7, 11) is 1.42. The number of carbonyl (C=O) groups is 1. The van der Waals surface area contributed by atoms with Crippen molar-refractivity contribution < 1.29 is 23.4 Å². The lowest BCUT2D eigenvalue weighted by Crippen LogP contribution is -2.42. The van der Waals surface area contributed by atoms with Crippen molar-refractivity contribution in [2.75, 3.05) is 25.2 Å². The molecule has 6 nitrogen and oxygen atoms in total. The van der Waals surface area contributed by atoms with Gasteiger partial charge in [-0.1, -0.05) is 6.07 Å². The molecule has 2 aromatic carbocycles. The Labute approximate surface area is 190 Å². The first-order valence-electron chi connectivity index (χ1n) is 10.9. The second-order valence-electron chi connectivity index (χ2n) is 7.98. The van der Waals surface area contributed by atoms with E-state index in [9.17, 15) is 18.7 Å². The van der Waals surface area contributed by atoms with Gasteiger partial charge in [0, 0.05) is 24.8 Å². The van der Waals surface area contributed by atoms with Gasteiger partial charge in [0.1, 0.15) is 23.1 Å². The number of ether oxygens (including phenoxy) is 1. The zero-order valence-electron chi connectivity index (χ0n) is 18.3. The van der Waals surface area contributed by atoms with Gasteiger partial charge in [0.25, 0.3) is 0 Å². The Kier molecular flexibility index (Phi) is 6.93. The fraction of sp³-hybridized carbons (Fsp3) is 0.320. The number of rotatable bonds is 7. The van der Waals surface area contributed by atoms with Crippen LogP contribution in [0.2, 0.25) is 0 Å². The molecule has 1 N–H and O–H groups in total. The number of piperidine rings is 1. The molecule has 33 heavy (non-hydrogen) atoms. The van der Waals surface area contributed by atoms with Gasteiger partial charge in [-0.15, -0.1) is 0 Å². The van der Waals surface area contributed by atoms with Crippen LogP contribution in [0.4, 0.5) is 14.5 Å². The molecule has 1 aliphatic rings. The Balaban J connectivity index is 1.65. The second-order valence-corrected chi connectivity index (χ2v) is 7.98. The number of Topliss-reactive ketones (excluding diaryl/α,β-unsaturated/α-hetero) is 1. The topological polar surface area (TPSA) is 75.5 Å². The highest BCUT2D eigenvalue weighted by Gasteiger charge is 2.25. The molecule has 1 aliphatic heterocycles. The predicted molar refractivity (Wildman–Crippen MR) is 120 cm³/mol. The van der Waals surface area contributed by atoms with Crippen LogP contribution in [-0.4, -0.2) is 47.2 Å². The van der Waals surface area contributed by atoms with Crippen molar-refractivity contribution in [1.29, 1.82) is 0 Å². The van der Waals surface area contributed by atoms with Crippen molar-refractivity contribution in [3.8, 4) is 17.1 Å². The number of benzene rings is 2. The Morgan fingerprint density at radius 2 is 2.06 bits per heavy atom. The molecule has 2 heterocycles. The normalized spacial score (nSPS) is 16.0. The summed E-state index contributed by atoms with van der Waals surface area (Å²) in [5, 5.41) is 9.79. The zero-order valence-corrected chi connectivity index (χ0v) is 18.3. The Morgan fingerprint density at radius 3 is 2.85 bits per heavy atom. The number of ketones is 1. The molecule has 0 bridgehead atoms. The number of anilines is 1. The number of aliphatic hydroxyl groups excluding tert-OH is 1. The SMILES string of the molecule is COc1cccc(F)c1-c1nccc(C(=O)Cc2cc(F)ccc2N2CCCC[C@@H]2CO)n1. The van der Waals surface area contributed by atoms with Crippen LogP contribution in [0, 0.1) is 11.6 Å². The summed E-state index contributed by atoms with van der Waals surface area (Å²) >= 11 is 0. The molecule has 0 aliphatic carbocycles. The summed E-state index contributed by atoms with van der Waals surface area (Å²) in [4.78, 5) is 23.6. The summed E-state index contributed by atoms with van der Waals surface area (Å²) in [5.41, 5.74) is 1.41. The number of aliphatic hydroxyl groups is 1. The molecule has 0 saturated carbocycles. The van der Waals surface area contributed by atoms with Crippen molar-refractivity contribution in [2.45, 2.75) is 31.7 Å². The maximum absolute atomic E-state index is 14.5. The third-order valence-electron chi connectivity index (χ3n) is 5.90. The second kappa shape index (κ2) is 10.0. The number of methoxy groups -OCH3 is 1. The third-order valence-corrected chi connectivity index (χ3v) is 5.90. The van der Waals surface area contributed by atoms with E-state index in [4.69, 9.17) is 4.74 Å². The minimum Gasteiger partial charge on any atom is -0.496 e. The number of carbonyl (C=O) groups excluding carboxylic acids is 1. The predicted octanol–water partition coefficient (Wildman–Crippen LogP) is 4.21. The van der Waals surface area contributed by atoms with Gasteiger partial charge in [-0.2, -0.15) is 0 Å². The molecule has 0 radical (unpaired) electrons. The zero-order chi connectivity index (χ0) is 23.4. The molecule has 8 heteroatoms. The van der Waals surface area contributed by atoms with Crippen LogP contribution >= 0.6 is 0 Å². The lowest BCUT2D eigenvalue weighted by atomic mass is 9.98. The molecule has 1 fully saturated rings. The van der Waals surface area contributed by atoms with Crippen LogP contribution in [0.25, 0.3) is 11.4 Å². The van der Waals surface area contributed by atoms with Gasteiger partial charge in [-0.3, -0.25) is 4.79 Å². The largest absolute Gasteiger partial charge is 0.496 e. The molecule has 4 rings (SSSR count). The molecule has 3 aromatic rings. The quantitative estimate of drug-likeness (QED) is 0.541. The lowest BCUT2D eigenvalue weighted by Gasteiger charge is -2.37. The molecule has 0 spiro atoms. The van der Waals surface area contributed by atoms with E-state index < -0.39 is 11.6 Å². The number of aromatic nitrogens is 2. The molecule has 1 aromatic heterocycles. The van der Waals surface area contributed by atoms with Gasteiger partial charge in [-0.05, 0) is 61.2 Å². The lowest BCUT2D eigenvalue weighted by molar-refractivity contribution is 0.0988. The summed E-state index contributed by atoms with van der Waals surface area (Å²) in [6, 6.07) is 10.1. The summed E-state index contributed by atoms with van der Waals surface area (Å²) in [5.74, 6) is -1.07. The fourth-order valence-corrected chi connectivity index (χ4v) is 4.27. The average Bonchev–Trinajstić information content (AvgIpc) is 2.84. The summed E-state index contributed by atoms with van der Waals surface area (Å²) in [6.07, 6.45) is 4.11. The van der Waals surface area contributed by atoms with E-state index in [1.807, 2.05) is 4.90 Å². The van der Waals surface area contributed by atoms with E-state index in [1.54, 1.807) is 12.1 Å². The molecule has 0 unspecified atom stereocenters. The van der Waals surface area contributed by atoms with Gasteiger partial charge >= 0.3 is 0 Å². The van der Waals surface area contributed by atoms with E-state index in [0.717, 1.165) is 31.5 Å². The summed E-state index contributed by atoms with van der Waals surface area (Å²) < 4.78 is 33.8. The maximum atomic E-state index is 14.5. The first-order chi connectivity index (χ1) is 16.0. The minimum absolute atomic E-state index is 0.00942. The monoisotopic (exact) mass is 453 g/mol. The van der Waals surface area contributed by atoms with Gasteiger partial charge < -0.3 is 14.7 Å². The van der Waals surface area contributed by atoms with Gasteiger partial charge in [0.2, 0.25) is 0 Å². The maximum Gasteiger partial charge on any atom is 0.185 e. The van der Waals surface area contributed by atoms with E-state index in [2.05, 4.69) is 9.97 Å². The van der Waals surface area contributed by atoms with Crippen LogP contribution in [0.3, 0.4) is 0 Å². The van der Waals surface area contributed by atoms with Crippen molar-refractivity contribution in [3.05, 3.63) is 71.6 Å². The van der Waals surface area contributed by atoms with Gasteiger partial charge in [-0.25, -0.2) is 18.7 Å². The highest BCUT2D eigenvalue weighted by Crippen LogP contribution is 2.31. The van der Waals surface area contributed by atoms with E-state index in [1.165, 1.54) is 43.6 Å². The molecular formula is C25H25F2N3O3. The fourth-order valence-electron chi connectivity index (χ4n) is 4.27. The van der Waals surface area contributed by atoms with E-state index in [-0.39, 0.29) is 47.7 Å². The van der Waals surface area contributed by atoms with Crippen LogP contribution in [0.1, 0.15) is 35.3 Å². The first kappa shape index (κ1) is 22.8. The van der Waals surface area contributed by atoms with Crippen molar-refractivity contribution in [2.24, 2.45) is 0 Å². The van der Waals surface area contributed by atoms with Crippen molar-refractivity contribution >= 4 is 11.5 Å². The first-order valence-corrected chi connectivity index (χ1v) is 10.9. The number of nitrogens with zero attached hydrogens (tertiary/aromatic N) is 3. The third kappa shape index (κ3) is 4.85. The molecular weight excluding hydrogens is 428 g/mol.